The van der Waals surface area contributed by atoms with Crippen molar-refractivity contribution in [3.05, 3.63) is 70.7 Å². The highest BCUT2D eigenvalue weighted by atomic mass is 19.1. The van der Waals surface area contributed by atoms with Crippen LogP contribution in [0.25, 0.3) is 6.08 Å². The van der Waals surface area contributed by atoms with Gasteiger partial charge in [-0.05, 0) is 42.3 Å². The molecule has 1 aliphatic rings. The molecule has 0 N–H and O–H groups in total. The first kappa shape index (κ1) is 22.0. The van der Waals surface area contributed by atoms with Crippen LogP contribution in [0.4, 0.5) is 4.39 Å². The maximum atomic E-state index is 13.5. The molecule has 1 atom stereocenters. The van der Waals surface area contributed by atoms with Crippen LogP contribution >= 0.6 is 0 Å². The van der Waals surface area contributed by atoms with E-state index >= 15 is 0 Å². The molecule has 2 aromatic carbocycles. The number of amides is 2. The Bertz CT molecular complexity index is 1090. The topological polar surface area (TPSA) is 73.6 Å². The number of rotatable bonds is 5. The number of hydrogen-bond acceptors (Lipinski definition) is 4. The van der Waals surface area contributed by atoms with Gasteiger partial charge in [0.1, 0.15) is 22.8 Å². The number of carbonyl (C=O) groups is 2. The minimum absolute atomic E-state index is 0.150. The minimum Gasteiger partial charge on any atom is -0.496 e. The zero-order valence-corrected chi connectivity index (χ0v) is 18.0. The van der Waals surface area contributed by atoms with Crippen molar-refractivity contribution in [3.63, 3.8) is 0 Å². The van der Waals surface area contributed by atoms with Gasteiger partial charge in [-0.1, -0.05) is 25.1 Å². The van der Waals surface area contributed by atoms with E-state index in [1.807, 2.05) is 6.92 Å². The summed E-state index contributed by atoms with van der Waals surface area (Å²) < 4.78 is 18.7. The Labute approximate surface area is 181 Å². The average Bonchev–Trinajstić information content (AvgIpc) is 2.79. The largest absolute Gasteiger partial charge is 0.496 e. The SMILES string of the molecule is CCC1(Cc2ccc(F)cc2)C(=O)N(C)/C(=C/c2c(C#N)cccc2OC)C(=O)N1C. The van der Waals surface area contributed by atoms with E-state index in [0.29, 0.717) is 23.3 Å². The van der Waals surface area contributed by atoms with Gasteiger partial charge in [-0.15, -0.1) is 0 Å². The van der Waals surface area contributed by atoms with E-state index in [9.17, 15) is 19.2 Å². The molecule has 0 aromatic heterocycles. The summed E-state index contributed by atoms with van der Waals surface area (Å²) in [5.74, 6) is -0.524. The number of piperazine rings is 1. The highest BCUT2D eigenvalue weighted by Crippen LogP contribution is 2.35. The second-order valence-electron chi connectivity index (χ2n) is 7.48. The number of hydrogen-bond donors (Lipinski definition) is 0. The lowest BCUT2D eigenvalue weighted by atomic mass is 9.82. The van der Waals surface area contributed by atoms with Crippen molar-refractivity contribution in [2.45, 2.75) is 25.3 Å². The molecule has 0 saturated carbocycles. The number of ether oxygens (including phenoxy) is 1. The number of carbonyl (C=O) groups excluding carboxylic acids is 2. The van der Waals surface area contributed by atoms with Gasteiger partial charge in [0.05, 0.1) is 18.7 Å². The lowest BCUT2D eigenvalue weighted by Crippen LogP contribution is -2.65. The molecule has 0 bridgehead atoms. The molecule has 0 spiro atoms. The van der Waals surface area contributed by atoms with Gasteiger partial charge in [0.15, 0.2) is 0 Å². The number of benzene rings is 2. The highest BCUT2D eigenvalue weighted by molar-refractivity contribution is 6.09. The van der Waals surface area contributed by atoms with Gasteiger partial charge in [0, 0.05) is 26.1 Å². The van der Waals surface area contributed by atoms with Crippen molar-refractivity contribution in [1.82, 2.24) is 9.80 Å². The lowest BCUT2D eigenvalue weighted by molar-refractivity contribution is -0.157. The zero-order chi connectivity index (χ0) is 22.8. The van der Waals surface area contributed by atoms with Gasteiger partial charge < -0.3 is 14.5 Å². The van der Waals surface area contributed by atoms with Crippen molar-refractivity contribution in [2.24, 2.45) is 0 Å². The molecule has 7 heteroatoms. The van der Waals surface area contributed by atoms with Gasteiger partial charge in [-0.3, -0.25) is 9.59 Å². The summed E-state index contributed by atoms with van der Waals surface area (Å²) in [5.41, 5.74) is 0.582. The van der Waals surface area contributed by atoms with Gasteiger partial charge in [0.2, 0.25) is 0 Å². The van der Waals surface area contributed by atoms with Crippen molar-refractivity contribution in [3.8, 4) is 11.8 Å². The molecule has 1 saturated heterocycles. The Kier molecular flexibility index (Phi) is 6.11. The molecule has 0 radical (unpaired) electrons. The third-order valence-corrected chi connectivity index (χ3v) is 5.91. The quantitative estimate of drug-likeness (QED) is 0.694. The first-order valence-corrected chi connectivity index (χ1v) is 9.88. The molecule has 160 valence electrons. The summed E-state index contributed by atoms with van der Waals surface area (Å²) in [6, 6.07) is 13.0. The molecule has 1 fully saturated rings. The Hall–Kier alpha value is -3.66. The normalized spacial score (nSPS) is 20.2. The average molecular weight is 421 g/mol. The van der Waals surface area contributed by atoms with Gasteiger partial charge in [0.25, 0.3) is 11.8 Å². The van der Waals surface area contributed by atoms with Crippen LogP contribution in [0.5, 0.6) is 5.75 Å². The number of methoxy groups -OCH3 is 1. The van der Waals surface area contributed by atoms with E-state index in [4.69, 9.17) is 4.74 Å². The fraction of sp³-hybridized carbons (Fsp3) is 0.292. The molecule has 1 unspecified atom stereocenters. The Morgan fingerprint density at radius 2 is 1.84 bits per heavy atom. The smallest absolute Gasteiger partial charge is 0.271 e. The minimum atomic E-state index is -1.10. The maximum absolute atomic E-state index is 13.5. The van der Waals surface area contributed by atoms with E-state index in [1.54, 1.807) is 44.4 Å². The molecule has 31 heavy (non-hydrogen) atoms. The number of nitrogens with zero attached hydrogens (tertiary/aromatic N) is 3. The summed E-state index contributed by atoms with van der Waals surface area (Å²) >= 11 is 0. The van der Waals surface area contributed by atoms with Crippen LogP contribution < -0.4 is 4.74 Å². The molecular weight excluding hydrogens is 397 g/mol. The predicted molar refractivity (Wildman–Crippen MR) is 114 cm³/mol. The van der Waals surface area contributed by atoms with E-state index in [2.05, 4.69) is 6.07 Å². The zero-order valence-electron chi connectivity index (χ0n) is 18.0. The van der Waals surface area contributed by atoms with E-state index in [1.165, 1.54) is 35.1 Å². The number of nitriles is 1. The number of halogens is 1. The molecular formula is C24H24FN3O3. The van der Waals surface area contributed by atoms with Crippen LogP contribution in [0.3, 0.4) is 0 Å². The molecule has 2 aromatic rings. The fourth-order valence-corrected chi connectivity index (χ4v) is 3.99. The van der Waals surface area contributed by atoms with Crippen LogP contribution in [0.2, 0.25) is 0 Å². The van der Waals surface area contributed by atoms with Crippen LogP contribution in [0.1, 0.15) is 30.0 Å². The fourth-order valence-electron chi connectivity index (χ4n) is 3.99. The third-order valence-electron chi connectivity index (χ3n) is 5.91. The second kappa shape index (κ2) is 8.60. The lowest BCUT2D eigenvalue weighted by Gasteiger charge is -2.47. The first-order valence-electron chi connectivity index (χ1n) is 9.88. The molecule has 6 nitrogen and oxygen atoms in total. The summed E-state index contributed by atoms with van der Waals surface area (Å²) in [6.45, 7) is 1.85. The summed E-state index contributed by atoms with van der Waals surface area (Å²) in [4.78, 5) is 29.7. The standard InChI is InChI=1S/C24H24FN3O3/c1-5-24(14-16-9-11-18(25)12-10-16)23(30)27(2)20(22(29)28(24)3)13-19-17(15-26)7-6-8-21(19)31-4/h6-13H,5,14H2,1-4H3/b20-13+. The highest BCUT2D eigenvalue weighted by Gasteiger charge is 2.50. The van der Waals surface area contributed by atoms with Crippen LogP contribution in [0, 0.1) is 17.1 Å². The summed E-state index contributed by atoms with van der Waals surface area (Å²) in [6.07, 6.45) is 2.17. The predicted octanol–water partition coefficient (Wildman–Crippen LogP) is 3.37. The first-order chi connectivity index (χ1) is 14.8. The molecule has 2 amide bonds. The maximum Gasteiger partial charge on any atom is 0.271 e. The summed E-state index contributed by atoms with van der Waals surface area (Å²) in [7, 11) is 4.63. The Morgan fingerprint density at radius 3 is 2.42 bits per heavy atom. The molecule has 0 aliphatic carbocycles. The van der Waals surface area contributed by atoms with Gasteiger partial charge in [-0.2, -0.15) is 5.26 Å². The van der Waals surface area contributed by atoms with Crippen LogP contribution in [-0.2, 0) is 16.0 Å². The van der Waals surface area contributed by atoms with E-state index in [0.717, 1.165) is 5.56 Å². The van der Waals surface area contributed by atoms with E-state index < -0.39 is 5.54 Å². The summed E-state index contributed by atoms with van der Waals surface area (Å²) in [5, 5.41) is 9.47. The van der Waals surface area contributed by atoms with Crippen molar-refractivity contribution in [1.29, 1.82) is 5.26 Å². The van der Waals surface area contributed by atoms with Crippen molar-refractivity contribution < 1.29 is 18.7 Å². The van der Waals surface area contributed by atoms with Crippen LogP contribution in [0.15, 0.2) is 48.2 Å². The molecule has 1 aliphatic heterocycles. The van der Waals surface area contributed by atoms with Crippen molar-refractivity contribution >= 4 is 17.9 Å². The van der Waals surface area contributed by atoms with Crippen LogP contribution in [-0.4, -0.2) is 48.4 Å². The molecule has 3 rings (SSSR count). The van der Waals surface area contributed by atoms with Crippen molar-refractivity contribution in [2.75, 3.05) is 21.2 Å². The third kappa shape index (κ3) is 3.77. The Balaban J connectivity index is 2.07. The monoisotopic (exact) mass is 421 g/mol. The second-order valence-corrected chi connectivity index (χ2v) is 7.48. The van der Waals surface area contributed by atoms with Gasteiger partial charge >= 0.3 is 0 Å². The van der Waals surface area contributed by atoms with E-state index in [-0.39, 0.29) is 29.7 Å². The Morgan fingerprint density at radius 1 is 1.16 bits per heavy atom. The van der Waals surface area contributed by atoms with Gasteiger partial charge in [-0.25, -0.2) is 4.39 Å². The number of likely N-dealkylation sites (N-methyl/N-ethyl adjacent to an activating group) is 2. The molecule has 1 heterocycles.